The van der Waals surface area contributed by atoms with Crippen molar-refractivity contribution in [3.63, 3.8) is 0 Å². The quantitative estimate of drug-likeness (QED) is 0.138. The summed E-state index contributed by atoms with van der Waals surface area (Å²) in [5.74, 6) is -1.30. The number of unbranched alkanes of at least 4 members (excludes halogenated alkanes) is 1. The van der Waals surface area contributed by atoms with Crippen molar-refractivity contribution in [1.29, 1.82) is 0 Å². The first-order chi connectivity index (χ1) is 27.9. The van der Waals surface area contributed by atoms with E-state index in [0.29, 0.717) is 32.1 Å². The average molecular weight is 805 g/mol. The number of aliphatic hydroxyl groups excluding tert-OH is 2. The number of fused-ring (bicyclic) bond motifs is 13. The highest BCUT2D eigenvalue weighted by atomic mass is 16.6. The third-order valence-electron chi connectivity index (χ3n) is 11.8. The molecule has 14 atom stereocenters. The van der Waals surface area contributed by atoms with E-state index in [9.17, 15) is 24.6 Å². The summed E-state index contributed by atoms with van der Waals surface area (Å²) < 4.78 is 31.4. The van der Waals surface area contributed by atoms with Gasteiger partial charge in [0.2, 0.25) is 0 Å². The summed E-state index contributed by atoms with van der Waals surface area (Å²) in [5.41, 5.74) is 0.941. The minimum Gasteiger partial charge on any atom is -0.481 e. The minimum absolute atomic E-state index is 0.00740. The maximum Gasteiger partial charge on any atom is 0.331 e. The van der Waals surface area contributed by atoms with Crippen LogP contribution in [-0.2, 0) is 38.1 Å². The highest BCUT2D eigenvalue weighted by Gasteiger charge is 2.45. The summed E-state index contributed by atoms with van der Waals surface area (Å²) in [6.07, 6.45) is 28.1. The Morgan fingerprint density at radius 2 is 1.57 bits per heavy atom. The fraction of sp³-hybridized carbons (Fsp3) is 0.596. The third-order valence-corrected chi connectivity index (χ3v) is 11.8. The van der Waals surface area contributed by atoms with Crippen LogP contribution in [0.4, 0.5) is 0 Å². The molecule has 0 amide bonds. The van der Waals surface area contributed by atoms with Gasteiger partial charge in [0.15, 0.2) is 6.10 Å². The lowest BCUT2D eigenvalue weighted by atomic mass is 9.87. The number of ketones is 1. The molecular formula is C47H64O11. The minimum atomic E-state index is -1.24. The normalized spacial score (nSPS) is 40.4. The lowest BCUT2D eigenvalue weighted by Crippen LogP contribution is -2.48. The van der Waals surface area contributed by atoms with Crippen LogP contribution in [0.25, 0.3) is 0 Å². The summed E-state index contributed by atoms with van der Waals surface area (Å²) in [6.45, 7) is 8.03. The van der Waals surface area contributed by atoms with E-state index in [-0.39, 0.29) is 66.9 Å². The Morgan fingerprint density at radius 1 is 0.793 bits per heavy atom. The number of carboxylic acids is 1. The summed E-state index contributed by atoms with van der Waals surface area (Å²) in [5, 5.41) is 30.8. The van der Waals surface area contributed by atoms with Crippen molar-refractivity contribution in [1.82, 2.24) is 0 Å². The van der Waals surface area contributed by atoms with E-state index in [4.69, 9.17) is 28.8 Å². The predicted octanol–water partition coefficient (Wildman–Crippen LogP) is 7.01. The van der Waals surface area contributed by atoms with Gasteiger partial charge in [0.1, 0.15) is 30.2 Å². The highest BCUT2D eigenvalue weighted by molar-refractivity contribution is 5.83. The topological polar surface area (TPSA) is 158 Å². The Hall–Kier alpha value is -3.71. The molecule has 0 radical (unpaired) electrons. The van der Waals surface area contributed by atoms with E-state index >= 15 is 0 Å². The molecule has 3 fully saturated rings. The zero-order valence-electron chi connectivity index (χ0n) is 34.4. The molecule has 0 aliphatic carbocycles. The molecule has 6 aliphatic heterocycles. The van der Waals surface area contributed by atoms with E-state index in [0.717, 1.165) is 24.8 Å². The van der Waals surface area contributed by atoms with Gasteiger partial charge >= 0.3 is 11.9 Å². The van der Waals surface area contributed by atoms with Gasteiger partial charge in [-0.15, -0.1) is 0 Å². The van der Waals surface area contributed by atoms with Gasteiger partial charge in [0.05, 0.1) is 36.6 Å². The molecule has 6 rings (SSSR count). The standard InChI is InChI=1S/C47H64O11/c1-30(17-14-15-23-44(50)51)27-31(2)47-40-26-25-34(54-47)18-10-6-5-7-11-19-35(48)46(53)43-28-36(49)32(3)37(56-43)21-16-22-38-33(4)41-29-42(55-38)39(57-41)20-12-8-9-13-24-45(52)58-40/h6,8-13,16,19-20,22,24-27,30,32-35,37-43,46-48,53H,5,7,14-15,17-18,21,23,28-29H2,1-4H3,(H,50,51)/b9-8-,10-6+,19-11+,20-12+,22-16+,24-13-,31-27+/t30-,32+,33+,34+,35+,37-,38+,39-,40-,41-,42-,43-,46+,47+/m1/s1. The molecular weight excluding hydrogens is 741 g/mol. The Labute approximate surface area is 343 Å². The van der Waals surface area contributed by atoms with Gasteiger partial charge in [-0.05, 0) is 63.0 Å². The first-order valence-electron chi connectivity index (χ1n) is 21.2. The van der Waals surface area contributed by atoms with Crippen molar-refractivity contribution in [2.75, 3.05) is 0 Å². The maximum absolute atomic E-state index is 13.0. The number of hydrogen-bond acceptors (Lipinski definition) is 10. The molecule has 6 heterocycles. The molecule has 0 saturated carbocycles. The van der Waals surface area contributed by atoms with Crippen LogP contribution in [0.3, 0.4) is 0 Å². The second-order valence-corrected chi connectivity index (χ2v) is 16.4. The van der Waals surface area contributed by atoms with E-state index < -0.39 is 48.6 Å². The van der Waals surface area contributed by atoms with Crippen LogP contribution in [0.2, 0.25) is 0 Å². The van der Waals surface area contributed by atoms with Crippen molar-refractivity contribution in [2.24, 2.45) is 17.8 Å². The second-order valence-electron chi connectivity index (χ2n) is 16.4. The molecule has 3 N–H and O–H groups in total. The number of rotatable bonds is 7. The van der Waals surface area contributed by atoms with Gasteiger partial charge in [-0.1, -0.05) is 106 Å². The van der Waals surface area contributed by atoms with Crippen LogP contribution < -0.4 is 0 Å². The highest BCUT2D eigenvalue weighted by Crippen LogP contribution is 2.38. The molecule has 318 valence electrons. The van der Waals surface area contributed by atoms with Crippen molar-refractivity contribution < 1.29 is 53.4 Å². The van der Waals surface area contributed by atoms with Crippen molar-refractivity contribution in [3.8, 4) is 0 Å². The largest absolute Gasteiger partial charge is 0.481 e. The van der Waals surface area contributed by atoms with E-state index in [1.165, 1.54) is 6.08 Å². The van der Waals surface area contributed by atoms with Crippen molar-refractivity contribution in [3.05, 3.63) is 96.7 Å². The molecule has 3 saturated heterocycles. The van der Waals surface area contributed by atoms with Gasteiger partial charge in [-0.25, -0.2) is 4.79 Å². The molecule has 0 unspecified atom stereocenters. The molecule has 58 heavy (non-hydrogen) atoms. The second kappa shape index (κ2) is 22.6. The van der Waals surface area contributed by atoms with Crippen molar-refractivity contribution >= 4 is 17.7 Å². The van der Waals surface area contributed by atoms with E-state index in [1.54, 1.807) is 18.2 Å². The van der Waals surface area contributed by atoms with E-state index in [1.807, 2.05) is 74.6 Å². The molecule has 6 aliphatic rings. The summed E-state index contributed by atoms with van der Waals surface area (Å²) in [6, 6.07) is 0. The number of hydrogen-bond donors (Lipinski definition) is 3. The Morgan fingerprint density at radius 3 is 2.38 bits per heavy atom. The smallest absolute Gasteiger partial charge is 0.331 e. The fourth-order valence-corrected chi connectivity index (χ4v) is 8.23. The monoisotopic (exact) mass is 804 g/mol. The fourth-order valence-electron chi connectivity index (χ4n) is 8.23. The third kappa shape index (κ3) is 13.4. The van der Waals surface area contributed by atoms with Gasteiger partial charge in [-0.2, -0.15) is 0 Å². The maximum atomic E-state index is 13.0. The SMILES string of the molecule is C/C(=C\[C@H](C)CCCCC(=O)O)[C@@H]1O[C@@H]2C=C[C@H]1OC(=O)\C=C/C=C\C=C\[C@H]1O[C@@H]3C[C@H]1O[C@@H](/C=C/C[C@H]1O[C@H](CC(=O)[C@@H]1C)[C@@H](O)[C@@H](O)/C=C/CC/C=C/C2)[C@@H]3C. The number of carbonyl (C=O) groups excluding carboxylic acids is 2. The summed E-state index contributed by atoms with van der Waals surface area (Å²) >= 11 is 0. The number of ether oxygens (including phenoxy) is 5. The van der Waals surface area contributed by atoms with E-state index in [2.05, 4.69) is 19.9 Å². The number of carbonyl (C=O) groups is 3. The van der Waals surface area contributed by atoms with Gasteiger partial charge < -0.3 is 39.0 Å². The molecule has 0 spiro atoms. The number of carboxylic acid groups (broad SMARTS) is 1. The Kier molecular flexibility index (Phi) is 17.7. The van der Waals surface area contributed by atoms with Gasteiger partial charge in [0, 0.05) is 37.2 Å². The Balaban J connectivity index is 1.29. The zero-order chi connectivity index (χ0) is 41.6. The number of aliphatic hydroxyl groups is 2. The first-order valence-corrected chi connectivity index (χ1v) is 21.2. The molecule has 11 heteroatoms. The summed E-state index contributed by atoms with van der Waals surface area (Å²) in [7, 11) is 0. The van der Waals surface area contributed by atoms with Gasteiger partial charge in [0.25, 0.3) is 0 Å². The molecule has 11 nitrogen and oxygen atoms in total. The van der Waals surface area contributed by atoms with Crippen LogP contribution >= 0.6 is 0 Å². The molecule has 0 aromatic heterocycles. The van der Waals surface area contributed by atoms with Crippen LogP contribution in [0.5, 0.6) is 0 Å². The molecule has 0 aromatic rings. The zero-order valence-corrected chi connectivity index (χ0v) is 34.4. The Bertz CT molecular complexity index is 1620. The average Bonchev–Trinajstić information content (AvgIpc) is 3.54. The molecule has 0 aromatic carbocycles. The van der Waals surface area contributed by atoms with Crippen LogP contribution in [0.1, 0.15) is 91.9 Å². The number of allylic oxidation sites excluding steroid dienone is 7. The van der Waals surface area contributed by atoms with Crippen LogP contribution in [0, 0.1) is 17.8 Å². The molecule has 7 bridgehead atoms. The van der Waals surface area contributed by atoms with Crippen molar-refractivity contribution in [2.45, 2.75) is 159 Å². The lowest BCUT2D eigenvalue weighted by molar-refractivity contribution is -0.163. The number of aliphatic carboxylic acids is 1. The van der Waals surface area contributed by atoms with Crippen LogP contribution in [0.15, 0.2) is 96.7 Å². The first kappa shape index (κ1) is 45.4. The van der Waals surface area contributed by atoms with Crippen LogP contribution in [-0.4, -0.2) is 100 Å². The number of esters is 1. The van der Waals surface area contributed by atoms with Gasteiger partial charge in [-0.3, -0.25) is 9.59 Å². The number of Topliss-reactive ketones (excluding diaryl/α,β-unsaturated/α-hetero) is 1. The summed E-state index contributed by atoms with van der Waals surface area (Å²) in [4.78, 5) is 36.9. The predicted molar refractivity (Wildman–Crippen MR) is 221 cm³/mol. The lowest BCUT2D eigenvalue weighted by Gasteiger charge is -2.36.